The number of nitrogens with zero attached hydrogens (tertiary/aromatic N) is 2. The molecule has 0 saturated carbocycles. The maximum atomic E-state index is 14.0. The number of thiazole rings is 1. The van der Waals surface area contributed by atoms with E-state index in [0.717, 1.165) is 19.3 Å². The Kier molecular flexibility index (Phi) is 10.5. The highest BCUT2D eigenvalue weighted by atomic mass is 35.5. The third-order valence-electron chi connectivity index (χ3n) is 4.62. The SMILES string of the molecule is Cl.Cl.NCCC(=O)NCC1CCCCN1C(=O)c1csc(-c2ccccc2F)n1. The van der Waals surface area contributed by atoms with E-state index in [2.05, 4.69) is 10.3 Å². The first kappa shape index (κ1) is 25.3. The molecule has 160 valence electrons. The van der Waals surface area contributed by atoms with Gasteiger partial charge in [0.05, 0.1) is 0 Å². The average molecular weight is 463 g/mol. The molecule has 3 N–H and O–H groups in total. The van der Waals surface area contributed by atoms with E-state index in [1.165, 1.54) is 17.4 Å². The van der Waals surface area contributed by atoms with Crippen LogP contribution in [0.25, 0.3) is 10.6 Å². The van der Waals surface area contributed by atoms with Gasteiger partial charge in [0, 0.05) is 43.0 Å². The maximum Gasteiger partial charge on any atom is 0.273 e. The number of nitrogens with two attached hydrogens (primary N) is 1. The van der Waals surface area contributed by atoms with Crippen molar-refractivity contribution in [2.75, 3.05) is 19.6 Å². The van der Waals surface area contributed by atoms with E-state index in [-0.39, 0.29) is 54.9 Å². The van der Waals surface area contributed by atoms with Gasteiger partial charge in [-0.3, -0.25) is 9.59 Å². The van der Waals surface area contributed by atoms with Gasteiger partial charge in [-0.2, -0.15) is 0 Å². The predicted octanol–water partition coefficient (Wildman–Crippen LogP) is 3.25. The largest absolute Gasteiger partial charge is 0.354 e. The van der Waals surface area contributed by atoms with Gasteiger partial charge in [-0.15, -0.1) is 36.2 Å². The number of amides is 2. The number of piperidine rings is 1. The van der Waals surface area contributed by atoms with Crippen LogP contribution in [0.15, 0.2) is 29.6 Å². The number of carbonyl (C=O) groups is 2. The summed E-state index contributed by atoms with van der Waals surface area (Å²) >= 11 is 1.25. The molecule has 1 aromatic carbocycles. The molecule has 0 bridgehead atoms. The molecule has 1 aliphatic rings. The summed E-state index contributed by atoms with van der Waals surface area (Å²) in [6.07, 6.45) is 3.04. The van der Waals surface area contributed by atoms with E-state index in [4.69, 9.17) is 5.73 Å². The first-order valence-corrected chi connectivity index (χ1v) is 9.96. The Morgan fingerprint density at radius 3 is 2.76 bits per heavy atom. The van der Waals surface area contributed by atoms with E-state index in [9.17, 15) is 14.0 Å². The summed E-state index contributed by atoms with van der Waals surface area (Å²) in [6, 6.07) is 6.33. The molecule has 0 spiro atoms. The highest BCUT2D eigenvalue weighted by Gasteiger charge is 2.29. The second-order valence-corrected chi connectivity index (χ2v) is 7.37. The lowest BCUT2D eigenvalue weighted by molar-refractivity contribution is -0.121. The van der Waals surface area contributed by atoms with Crippen LogP contribution in [0.3, 0.4) is 0 Å². The maximum absolute atomic E-state index is 14.0. The van der Waals surface area contributed by atoms with E-state index in [0.29, 0.717) is 35.9 Å². The lowest BCUT2D eigenvalue weighted by Gasteiger charge is -2.35. The second-order valence-electron chi connectivity index (χ2n) is 6.51. The summed E-state index contributed by atoms with van der Waals surface area (Å²) in [4.78, 5) is 30.8. The molecule has 3 rings (SSSR count). The molecule has 29 heavy (non-hydrogen) atoms. The molecule has 0 radical (unpaired) electrons. The van der Waals surface area contributed by atoms with Crippen LogP contribution in [0.2, 0.25) is 0 Å². The Bertz CT molecular complexity index is 821. The number of hydrogen-bond acceptors (Lipinski definition) is 5. The van der Waals surface area contributed by atoms with Crippen LogP contribution in [0, 0.1) is 5.82 Å². The van der Waals surface area contributed by atoms with Crippen molar-refractivity contribution in [3.05, 3.63) is 41.2 Å². The lowest BCUT2D eigenvalue weighted by Crippen LogP contribution is -2.49. The van der Waals surface area contributed by atoms with Gasteiger partial charge in [0.25, 0.3) is 5.91 Å². The molecule has 2 heterocycles. The monoisotopic (exact) mass is 462 g/mol. The molecule has 2 amide bonds. The Balaban J connectivity index is 0.00000210. The molecule has 1 saturated heterocycles. The highest BCUT2D eigenvalue weighted by molar-refractivity contribution is 7.13. The molecule has 1 unspecified atom stereocenters. The molecule has 1 fully saturated rings. The first-order valence-electron chi connectivity index (χ1n) is 9.08. The number of benzene rings is 1. The van der Waals surface area contributed by atoms with Crippen molar-refractivity contribution < 1.29 is 14.0 Å². The van der Waals surface area contributed by atoms with Gasteiger partial charge >= 0.3 is 0 Å². The number of hydrogen-bond donors (Lipinski definition) is 2. The van der Waals surface area contributed by atoms with Gasteiger partial charge in [-0.25, -0.2) is 9.37 Å². The zero-order valence-electron chi connectivity index (χ0n) is 15.8. The second kappa shape index (κ2) is 12.1. The topological polar surface area (TPSA) is 88.3 Å². The van der Waals surface area contributed by atoms with Gasteiger partial charge in [0.1, 0.15) is 16.5 Å². The molecule has 1 aromatic heterocycles. The summed E-state index contributed by atoms with van der Waals surface area (Å²) < 4.78 is 14.0. The van der Waals surface area contributed by atoms with Crippen LogP contribution in [0.1, 0.15) is 36.2 Å². The van der Waals surface area contributed by atoms with E-state index in [1.807, 2.05) is 0 Å². The van der Waals surface area contributed by atoms with Crippen molar-refractivity contribution in [1.82, 2.24) is 15.2 Å². The van der Waals surface area contributed by atoms with Gasteiger partial charge in [0.15, 0.2) is 0 Å². The van der Waals surface area contributed by atoms with Gasteiger partial charge in [-0.05, 0) is 31.4 Å². The number of carbonyl (C=O) groups excluding carboxylic acids is 2. The minimum absolute atomic E-state index is 0. The normalized spacial score (nSPS) is 15.8. The van der Waals surface area contributed by atoms with Crippen molar-refractivity contribution in [2.24, 2.45) is 5.73 Å². The summed E-state index contributed by atoms with van der Waals surface area (Å²) in [7, 11) is 0. The summed E-state index contributed by atoms with van der Waals surface area (Å²) in [6.45, 7) is 1.34. The Morgan fingerprint density at radius 1 is 1.28 bits per heavy atom. The van der Waals surface area contributed by atoms with Crippen LogP contribution in [-0.2, 0) is 4.79 Å². The quantitative estimate of drug-likeness (QED) is 0.689. The minimum atomic E-state index is -0.357. The van der Waals surface area contributed by atoms with Crippen molar-refractivity contribution >= 4 is 48.0 Å². The number of nitrogens with one attached hydrogen (secondary N) is 1. The Hall–Kier alpha value is -1.74. The smallest absolute Gasteiger partial charge is 0.273 e. The number of aromatic nitrogens is 1. The predicted molar refractivity (Wildman–Crippen MR) is 117 cm³/mol. The summed E-state index contributed by atoms with van der Waals surface area (Å²) in [5.41, 5.74) is 6.10. The third-order valence-corrected chi connectivity index (χ3v) is 5.50. The van der Waals surface area contributed by atoms with Crippen LogP contribution in [-0.4, -0.2) is 47.4 Å². The molecule has 1 atom stereocenters. The summed E-state index contributed by atoms with van der Waals surface area (Å²) in [5.74, 6) is -0.637. The fourth-order valence-corrected chi connectivity index (χ4v) is 4.03. The number of rotatable bonds is 6. The first-order chi connectivity index (χ1) is 13.1. The fraction of sp³-hybridized carbons (Fsp3) is 0.421. The molecule has 1 aliphatic heterocycles. The van der Waals surface area contributed by atoms with Gasteiger partial charge in [-0.1, -0.05) is 12.1 Å². The van der Waals surface area contributed by atoms with Gasteiger partial charge in [0.2, 0.25) is 5.91 Å². The Labute approximate surface area is 185 Å². The van der Waals surface area contributed by atoms with Crippen LogP contribution < -0.4 is 11.1 Å². The van der Waals surface area contributed by atoms with E-state index >= 15 is 0 Å². The van der Waals surface area contributed by atoms with Crippen LogP contribution >= 0.6 is 36.2 Å². The van der Waals surface area contributed by atoms with Crippen LogP contribution in [0.5, 0.6) is 0 Å². The molecule has 10 heteroatoms. The number of likely N-dealkylation sites (tertiary alicyclic amines) is 1. The molecule has 6 nitrogen and oxygen atoms in total. The Morgan fingerprint density at radius 2 is 2.03 bits per heavy atom. The van der Waals surface area contributed by atoms with Crippen molar-refractivity contribution in [3.8, 4) is 10.6 Å². The van der Waals surface area contributed by atoms with Crippen molar-refractivity contribution in [1.29, 1.82) is 0 Å². The lowest BCUT2D eigenvalue weighted by atomic mass is 10.0. The zero-order valence-corrected chi connectivity index (χ0v) is 18.3. The zero-order chi connectivity index (χ0) is 19.2. The molecular weight excluding hydrogens is 438 g/mol. The summed E-state index contributed by atoms with van der Waals surface area (Å²) in [5, 5.41) is 5.00. The van der Waals surface area contributed by atoms with Crippen LogP contribution in [0.4, 0.5) is 4.39 Å². The van der Waals surface area contributed by atoms with Crippen molar-refractivity contribution in [2.45, 2.75) is 31.7 Å². The van der Waals surface area contributed by atoms with Gasteiger partial charge < -0.3 is 16.0 Å². The molecular formula is C19H25Cl2FN4O2S. The molecule has 0 aliphatic carbocycles. The van der Waals surface area contributed by atoms with E-state index < -0.39 is 0 Å². The highest BCUT2D eigenvalue weighted by Crippen LogP contribution is 2.27. The molecule has 2 aromatic rings. The standard InChI is InChI=1S/C19H23FN4O2S.2ClH/c20-15-7-2-1-6-14(15)18-23-16(12-27-18)19(26)24-10-4-3-5-13(24)11-22-17(25)8-9-21;;/h1-2,6-7,12-13H,3-5,8-11,21H2,(H,22,25);2*1H. The fourth-order valence-electron chi connectivity index (χ4n) is 3.21. The third kappa shape index (κ3) is 6.37. The number of halogens is 3. The average Bonchev–Trinajstić information content (AvgIpc) is 3.16. The van der Waals surface area contributed by atoms with E-state index in [1.54, 1.807) is 28.5 Å². The minimum Gasteiger partial charge on any atom is -0.354 e. The van der Waals surface area contributed by atoms with Crippen molar-refractivity contribution in [3.63, 3.8) is 0 Å².